The van der Waals surface area contributed by atoms with E-state index in [1.165, 1.54) is 19.1 Å². The zero-order valence-electron chi connectivity index (χ0n) is 16.9. The molecule has 0 fully saturated rings. The van der Waals surface area contributed by atoms with E-state index in [2.05, 4.69) is 10.4 Å². The van der Waals surface area contributed by atoms with Crippen LogP contribution in [0.25, 0.3) is 5.69 Å². The Hall–Kier alpha value is -3.62. The van der Waals surface area contributed by atoms with Crippen molar-refractivity contribution in [2.45, 2.75) is 26.4 Å². The molecule has 0 atom stereocenters. The Kier molecular flexibility index (Phi) is 6.43. The maximum atomic E-state index is 13.1. The second kappa shape index (κ2) is 9.03. The lowest BCUT2D eigenvalue weighted by Gasteiger charge is -2.14. The van der Waals surface area contributed by atoms with Crippen LogP contribution in [0.1, 0.15) is 35.1 Å². The summed E-state index contributed by atoms with van der Waals surface area (Å²) in [5.74, 6) is -0.360. The molecule has 1 amide bonds. The molecule has 0 radical (unpaired) electrons. The van der Waals surface area contributed by atoms with Crippen molar-refractivity contribution >= 4 is 11.6 Å². The summed E-state index contributed by atoms with van der Waals surface area (Å²) in [6.07, 6.45) is -3.77. The van der Waals surface area contributed by atoms with Gasteiger partial charge >= 0.3 is 6.18 Å². The Morgan fingerprint density at radius 2 is 1.87 bits per heavy atom. The molecule has 0 saturated heterocycles. The molecule has 0 aliphatic carbocycles. The van der Waals surface area contributed by atoms with Gasteiger partial charge in [0.1, 0.15) is 5.75 Å². The van der Waals surface area contributed by atoms with E-state index in [9.17, 15) is 22.8 Å². The van der Waals surface area contributed by atoms with Crippen molar-refractivity contribution in [3.63, 3.8) is 0 Å². The van der Waals surface area contributed by atoms with Crippen LogP contribution in [-0.2, 0) is 6.18 Å². The van der Waals surface area contributed by atoms with Crippen LogP contribution in [0, 0.1) is 6.92 Å². The molecule has 3 aromatic rings. The number of para-hydroxylation sites is 2. The van der Waals surface area contributed by atoms with Crippen LogP contribution in [0.3, 0.4) is 0 Å². The molecular formula is C22H20F3N3O3. The van der Waals surface area contributed by atoms with Crippen molar-refractivity contribution in [2.75, 3.05) is 11.9 Å². The second-order valence-electron chi connectivity index (χ2n) is 6.76. The highest BCUT2D eigenvalue weighted by Gasteiger charge is 2.30. The van der Waals surface area contributed by atoms with Crippen LogP contribution >= 0.6 is 0 Å². The highest BCUT2D eigenvalue weighted by molar-refractivity contribution is 6.03. The van der Waals surface area contributed by atoms with Crippen LogP contribution in [0.15, 0.2) is 59.4 Å². The van der Waals surface area contributed by atoms with Gasteiger partial charge in [-0.05, 0) is 43.7 Å². The highest BCUT2D eigenvalue weighted by Crippen LogP contribution is 2.30. The van der Waals surface area contributed by atoms with Crippen molar-refractivity contribution < 1.29 is 22.7 Å². The first kappa shape index (κ1) is 22.1. The predicted octanol–water partition coefficient (Wildman–Crippen LogP) is 4.60. The molecule has 0 saturated carbocycles. The van der Waals surface area contributed by atoms with E-state index in [4.69, 9.17) is 4.74 Å². The van der Waals surface area contributed by atoms with Crippen molar-refractivity contribution in [1.82, 2.24) is 9.78 Å². The molecule has 1 heterocycles. The third-order valence-corrected chi connectivity index (χ3v) is 4.34. The zero-order chi connectivity index (χ0) is 22.6. The van der Waals surface area contributed by atoms with E-state index < -0.39 is 28.8 Å². The molecule has 0 bridgehead atoms. The summed E-state index contributed by atoms with van der Waals surface area (Å²) in [4.78, 5) is 25.1. The van der Waals surface area contributed by atoms with E-state index >= 15 is 0 Å². The number of benzene rings is 2. The van der Waals surface area contributed by atoms with Gasteiger partial charge in [0, 0.05) is 11.8 Å². The minimum absolute atomic E-state index is 0.0769. The van der Waals surface area contributed by atoms with Gasteiger partial charge in [-0.1, -0.05) is 25.1 Å². The highest BCUT2D eigenvalue weighted by atomic mass is 19.4. The smallest absolute Gasteiger partial charge is 0.416 e. The van der Waals surface area contributed by atoms with Gasteiger partial charge in [0.25, 0.3) is 5.91 Å². The first-order valence-corrected chi connectivity index (χ1v) is 9.52. The first-order valence-electron chi connectivity index (χ1n) is 9.52. The second-order valence-corrected chi connectivity index (χ2v) is 6.76. The molecule has 0 aliphatic heterocycles. The monoisotopic (exact) mass is 431 g/mol. The topological polar surface area (TPSA) is 73.2 Å². The Bertz CT molecular complexity index is 1160. The number of hydrogen-bond donors (Lipinski definition) is 1. The van der Waals surface area contributed by atoms with Gasteiger partial charge in [0.15, 0.2) is 5.69 Å². The predicted molar refractivity (Wildman–Crippen MR) is 110 cm³/mol. The number of anilines is 1. The SMILES string of the molecule is CCCOc1ccccc1NC(=O)c1nn(-c2cccc(C(F)(F)F)c2)c(C)cc1=O. The van der Waals surface area contributed by atoms with E-state index in [-0.39, 0.29) is 11.4 Å². The Balaban J connectivity index is 1.97. The van der Waals surface area contributed by atoms with Gasteiger partial charge in [-0.15, -0.1) is 0 Å². The summed E-state index contributed by atoms with van der Waals surface area (Å²) < 4.78 is 45.9. The Morgan fingerprint density at radius 1 is 1.13 bits per heavy atom. The number of carbonyl (C=O) groups excluding carboxylic acids is 1. The van der Waals surface area contributed by atoms with Crippen LogP contribution in [0.2, 0.25) is 0 Å². The summed E-state index contributed by atoms with van der Waals surface area (Å²) in [6, 6.07) is 12.4. The molecular weight excluding hydrogens is 411 g/mol. The molecule has 1 aromatic heterocycles. The summed E-state index contributed by atoms with van der Waals surface area (Å²) in [5, 5.41) is 6.63. The number of amides is 1. The lowest BCUT2D eigenvalue weighted by Crippen LogP contribution is -2.27. The van der Waals surface area contributed by atoms with Crippen molar-refractivity contribution in [1.29, 1.82) is 0 Å². The van der Waals surface area contributed by atoms with Crippen LogP contribution in [-0.4, -0.2) is 22.3 Å². The number of halogens is 3. The van der Waals surface area contributed by atoms with Gasteiger partial charge in [-0.25, -0.2) is 4.68 Å². The van der Waals surface area contributed by atoms with Gasteiger partial charge in [0.2, 0.25) is 5.43 Å². The fourth-order valence-electron chi connectivity index (χ4n) is 2.87. The molecule has 0 spiro atoms. The Labute approximate surface area is 176 Å². The minimum Gasteiger partial charge on any atom is -0.491 e. The summed E-state index contributed by atoms with van der Waals surface area (Å²) >= 11 is 0. The van der Waals surface area contributed by atoms with Crippen molar-refractivity contribution in [2.24, 2.45) is 0 Å². The fourth-order valence-corrected chi connectivity index (χ4v) is 2.87. The molecule has 1 N–H and O–H groups in total. The first-order chi connectivity index (χ1) is 14.7. The molecule has 31 heavy (non-hydrogen) atoms. The van der Waals surface area contributed by atoms with E-state index in [1.54, 1.807) is 24.3 Å². The van der Waals surface area contributed by atoms with E-state index in [0.717, 1.165) is 29.3 Å². The number of rotatable bonds is 6. The Morgan fingerprint density at radius 3 is 2.58 bits per heavy atom. The van der Waals surface area contributed by atoms with Crippen LogP contribution in [0.5, 0.6) is 5.75 Å². The van der Waals surface area contributed by atoms with Crippen LogP contribution in [0.4, 0.5) is 18.9 Å². The van der Waals surface area contributed by atoms with Gasteiger partial charge in [0.05, 0.1) is 23.5 Å². The quantitative estimate of drug-likeness (QED) is 0.619. The third kappa shape index (κ3) is 5.11. The molecule has 0 unspecified atom stereocenters. The van der Waals surface area contributed by atoms with Gasteiger partial charge < -0.3 is 10.1 Å². The standard InChI is InChI=1S/C22H20F3N3O3/c1-3-11-31-19-10-5-4-9-17(19)26-21(30)20-18(29)12-14(2)28(27-20)16-8-6-7-15(13-16)22(23,24)25/h4-10,12-13H,3,11H2,1-2H3,(H,26,30). The molecule has 2 aromatic carbocycles. The van der Waals surface area contributed by atoms with Gasteiger partial charge in [-0.2, -0.15) is 18.3 Å². The van der Waals surface area contributed by atoms with E-state index in [0.29, 0.717) is 18.0 Å². The number of aromatic nitrogens is 2. The van der Waals surface area contributed by atoms with Crippen molar-refractivity contribution in [3.8, 4) is 11.4 Å². The average Bonchev–Trinajstić information content (AvgIpc) is 2.72. The number of nitrogens with zero attached hydrogens (tertiary/aromatic N) is 2. The number of nitrogens with one attached hydrogen (secondary N) is 1. The maximum absolute atomic E-state index is 13.1. The average molecular weight is 431 g/mol. The largest absolute Gasteiger partial charge is 0.491 e. The molecule has 9 heteroatoms. The molecule has 0 aliphatic rings. The fraction of sp³-hybridized carbons (Fsp3) is 0.227. The van der Waals surface area contributed by atoms with Crippen molar-refractivity contribution in [3.05, 3.63) is 81.8 Å². The molecule has 162 valence electrons. The maximum Gasteiger partial charge on any atom is 0.416 e. The lowest BCUT2D eigenvalue weighted by molar-refractivity contribution is -0.137. The number of alkyl halides is 3. The summed E-state index contributed by atoms with van der Waals surface area (Å²) in [5.41, 5.74) is -1.25. The lowest BCUT2D eigenvalue weighted by atomic mass is 10.2. The van der Waals surface area contributed by atoms with Crippen LogP contribution < -0.4 is 15.5 Å². The number of aryl methyl sites for hydroxylation is 1. The summed E-state index contributed by atoms with van der Waals surface area (Å²) in [7, 11) is 0. The normalized spacial score (nSPS) is 11.3. The zero-order valence-corrected chi connectivity index (χ0v) is 16.9. The molecule has 6 nitrogen and oxygen atoms in total. The third-order valence-electron chi connectivity index (χ3n) is 4.34. The van der Waals surface area contributed by atoms with Gasteiger partial charge in [-0.3, -0.25) is 9.59 Å². The molecule has 3 rings (SSSR count). The summed E-state index contributed by atoms with van der Waals surface area (Å²) in [6.45, 7) is 3.90. The number of hydrogen-bond acceptors (Lipinski definition) is 4. The number of carbonyl (C=O) groups is 1. The minimum atomic E-state index is -4.54. The number of ether oxygens (including phenoxy) is 1. The van der Waals surface area contributed by atoms with E-state index in [1.807, 2.05) is 6.92 Å².